The average Bonchev–Trinajstić information content (AvgIpc) is 2.27. The van der Waals surface area contributed by atoms with E-state index in [9.17, 15) is 9.90 Å². The summed E-state index contributed by atoms with van der Waals surface area (Å²) in [5.74, 6) is -0.436. The largest absolute Gasteiger partial charge is 0.494 e. The van der Waals surface area contributed by atoms with E-state index in [1.807, 2.05) is 20.8 Å². The summed E-state index contributed by atoms with van der Waals surface area (Å²) >= 11 is 0. The van der Waals surface area contributed by atoms with Crippen LogP contribution in [0.3, 0.4) is 0 Å². The minimum Gasteiger partial charge on any atom is -0.494 e. The predicted octanol–water partition coefficient (Wildman–Crippen LogP) is 1.67. The molecule has 5 nitrogen and oxygen atoms in total. The number of rotatable bonds is 4. The second kappa shape index (κ2) is 6.73. The summed E-state index contributed by atoms with van der Waals surface area (Å²) in [4.78, 5) is 11.2. The van der Waals surface area contributed by atoms with Gasteiger partial charge in [0.15, 0.2) is 12.2 Å². The molecule has 115 valence electrons. The number of hydrogen-bond donors (Lipinski definition) is 1. The minimum absolute atomic E-state index is 0.269. The molecule has 1 aliphatic rings. The minimum atomic E-state index is -0.851. The molecule has 6 heteroatoms. The van der Waals surface area contributed by atoms with E-state index >= 15 is 0 Å². The van der Waals surface area contributed by atoms with Crippen molar-refractivity contribution < 1.29 is 24.1 Å². The lowest BCUT2D eigenvalue weighted by molar-refractivity contribution is -0.171. The summed E-state index contributed by atoms with van der Waals surface area (Å²) in [6, 6.07) is 0. The number of hydrogen-bond acceptors (Lipinski definition) is 5. The fourth-order valence-corrected chi connectivity index (χ4v) is 2.71. The molecule has 1 rings (SSSR count). The van der Waals surface area contributed by atoms with Crippen LogP contribution < -0.4 is 0 Å². The smallest absolute Gasteiger partial charge is 0.303 e. The van der Waals surface area contributed by atoms with Crippen molar-refractivity contribution in [2.75, 3.05) is 6.61 Å². The van der Waals surface area contributed by atoms with Gasteiger partial charge in [-0.2, -0.15) is 0 Å². The molecule has 1 radical (unpaired) electrons. The van der Waals surface area contributed by atoms with Crippen LogP contribution in [0.1, 0.15) is 27.7 Å². The van der Waals surface area contributed by atoms with Gasteiger partial charge >= 0.3 is 5.97 Å². The van der Waals surface area contributed by atoms with E-state index in [2.05, 4.69) is 13.1 Å². The van der Waals surface area contributed by atoms with Gasteiger partial charge in [-0.15, -0.1) is 0 Å². The van der Waals surface area contributed by atoms with Gasteiger partial charge in [-0.1, -0.05) is 13.1 Å². The molecule has 3 atom stereocenters. The van der Waals surface area contributed by atoms with Crippen LogP contribution in [0.5, 0.6) is 0 Å². The summed E-state index contributed by atoms with van der Waals surface area (Å²) in [7, 11) is -0.822. The van der Waals surface area contributed by atoms with Crippen molar-refractivity contribution in [3.8, 4) is 0 Å². The number of aliphatic hydroxyl groups is 1. The zero-order valence-electron chi connectivity index (χ0n) is 13.1. The molecule has 0 aromatic carbocycles. The summed E-state index contributed by atoms with van der Waals surface area (Å²) in [5, 5.41) is 11.0. The third-order valence-electron chi connectivity index (χ3n) is 2.78. The fraction of sp³-hybridized carbons (Fsp3) is 0.786. The molecule has 0 aliphatic carbocycles. The van der Waals surface area contributed by atoms with Gasteiger partial charge in [0, 0.05) is 6.92 Å². The van der Waals surface area contributed by atoms with Crippen LogP contribution >= 0.6 is 0 Å². The molecule has 0 spiro atoms. The maximum absolute atomic E-state index is 11.2. The van der Waals surface area contributed by atoms with Crippen molar-refractivity contribution in [1.82, 2.24) is 0 Å². The first-order chi connectivity index (χ1) is 9.10. The molecule has 0 aromatic rings. The first kappa shape index (κ1) is 17.2. The first-order valence-corrected chi connectivity index (χ1v) is 9.28. The molecule has 0 bridgehead atoms. The summed E-state index contributed by atoms with van der Waals surface area (Å²) < 4.78 is 16.8. The molecule has 0 fully saturated rings. The molecule has 20 heavy (non-hydrogen) atoms. The Kier molecular flexibility index (Phi) is 5.79. The van der Waals surface area contributed by atoms with E-state index in [1.165, 1.54) is 6.92 Å². The third-order valence-corrected chi connectivity index (χ3v) is 4.05. The second-order valence-corrected chi connectivity index (χ2v) is 8.67. The van der Waals surface area contributed by atoms with Gasteiger partial charge in [0.25, 0.3) is 0 Å². The number of aliphatic hydroxyl groups excluding tert-OH is 1. The van der Waals surface area contributed by atoms with Crippen LogP contribution in [0.4, 0.5) is 0 Å². The van der Waals surface area contributed by atoms with Gasteiger partial charge in [0.2, 0.25) is 0 Å². The predicted molar refractivity (Wildman–Crippen MR) is 77.7 cm³/mol. The highest BCUT2D eigenvalue weighted by Crippen LogP contribution is 2.24. The highest BCUT2D eigenvalue weighted by Gasteiger charge is 2.38. The Morgan fingerprint density at radius 1 is 1.45 bits per heavy atom. The highest BCUT2D eigenvalue weighted by atomic mass is 28.3. The summed E-state index contributed by atoms with van der Waals surface area (Å²) in [6.07, 6.45) is -0.403. The van der Waals surface area contributed by atoms with Crippen LogP contribution in [0.25, 0.3) is 0 Å². The first-order valence-electron chi connectivity index (χ1n) is 6.78. The molecule has 1 aliphatic heterocycles. The van der Waals surface area contributed by atoms with Gasteiger partial charge in [0.05, 0.1) is 17.6 Å². The van der Waals surface area contributed by atoms with Crippen molar-refractivity contribution in [3.05, 3.63) is 11.5 Å². The van der Waals surface area contributed by atoms with E-state index < -0.39 is 33.1 Å². The number of ether oxygens (including phenoxy) is 3. The zero-order chi connectivity index (χ0) is 15.5. The Balaban J connectivity index is 2.84. The Morgan fingerprint density at radius 3 is 2.50 bits per heavy atom. The Bertz CT molecular complexity index is 372. The lowest BCUT2D eigenvalue weighted by atomic mass is 10.1. The molecular formula is C14H25O5Si. The molecule has 1 N–H and O–H groups in total. The van der Waals surface area contributed by atoms with Crippen LogP contribution in [-0.2, 0) is 19.0 Å². The lowest BCUT2D eigenvalue weighted by Crippen LogP contribution is -2.48. The van der Waals surface area contributed by atoms with E-state index in [0.717, 1.165) is 5.38 Å². The zero-order valence-corrected chi connectivity index (χ0v) is 14.1. The maximum Gasteiger partial charge on any atom is 0.303 e. The fourth-order valence-electron chi connectivity index (χ4n) is 1.82. The molecule has 0 saturated carbocycles. The average molecular weight is 301 g/mol. The number of carbonyl (C=O) groups is 1. The summed E-state index contributed by atoms with van der Waals surface area (Å²) in [6.45, 7) is 11.6. The Hall–Kier alpha value is -0.853. The number of esters is 1. The van der Waals surface area contributed by atoms with Crippen molar-refractivity contribution in [2.45, 2.75) is 64.7 Å². The van der Waals surface area contributed by atoms with Crippen LogP contribution in [0.2, 0.25) is 13.1 Å². The standard InChI is InChI=1S/C14H25O5Si/c1-9(15)18-13-10(16)7-12(20(5)6)19-11(13)8-17-14(2,3)4/h7,10-11,13,16H,8H2,1-6H3/t10-,11-,13+/m1/s1. The number of carbonyl (C=O) groups excluding carboxylic acids is 1. The SMILES string of the molecule is CC(=O)O[C@H]1[C@H](O)C=C([Si](C)C)O[C@@H]1COC(C)(C)C. The van der Waals surface area contributed by atoms with E-state index in [1.54, 1.807) is 6.08 Å². The Labute approximate surface area is 122 Å². The van der Waals surface area contributed by atoms with E-state index in [0.29, 0.717) is 0 Å². The molecule has 0 saturated heterocycles. The monoisotopic (exact) mass is 301 g/mol. The van der Waals surface area contributed by atoms with Crippen molar-refractivity contribution in [2.24, 2.45) is 0 Å². The molecule has 0 amide bonds. The molecule has 0 unspecified atom stereocenters. The highest BCUT2D eigenvalue weighted by molar-refractivity contribution is 6.63. The second-order valence-electron chi connectivity index (χ2n) is 6.18. The quantitative estimate of drug-likeness (QED) is 0.632. The van der Waals surface area contributed by atoms with Crippen LogP contribution in [0, 0.1) is 0 Å². The van der Waals surface area contributed by atoms with Crippen molar-refractivity contribution >= 4 is 14.8 Å². The third kappa shape index (κ3) is 5.26. The van der Waals surface area contributed by atoms with Gasteiger partial charge in [-0.3, -0.25) is 4.79 Å². The van der Waals surface area contributed by atoms with Crippen molar-refractivity contribution in [1.29, 1.82) is 0 Å². The van der Waals surface area contributed by atoms with Crippen LogP contribution in [0.15, 0.2) is 11.5 Å². The van der Waals surface area contributed by atoms with Gasteiger partial charge in [-0.05, 0) is 26.8 Å². The normalized spacial score (nSPS) is 27.0. The van der Waals surface area contributed by atoms with Crippen molar-refractivity contribution in [3.63, 3.8) is 0 Å². The summed E-state index contributed by atoms with van der Waals surface area (Å²) in [5.41, 5.74) is -0.317. The molecule has 1 heterocycles. The lowest BCUT2D eigenvalue weighted by Gasteiger charge is -2.36. The molecule has 0 aromatic heterocycles. The topological polar surface area (TPSA) is 65.0 Å². The van der Waals surface area contributed by atoms with Gasteiger partial charge < -0.3 is 19.3 Å². The van der Waals surface area contributed by atoms with E-state index in [-0.39, 0.29) is 12.2 Å². The van der Waals surface area contributed by atoms with E-state index in [4.69, 9.17) is 14.2 Å². The maximum atomic E-state index is 11.2. The Morgan fingerprint density at radius 2 is 2.05 bits per heavy atom. The van der Waals surface area contributed by atoms with Crippen LogP contribution in [-0.4, -0.2) is 50.4 Å². The molecular weight excluding hydrogens is 276 g/mol. The van der Waals surface area contributed by atoms with Gasteiger partial charge in [-0.25, -0.2) is 0 Å². The van der Waals surface area contributed by atoms with Gasteiger partial charge in [0.1, 0.15) is 14.9 Å².